The quantitative estimate of drug-likeness (QED) is 0.615. The smallest absolute Gasteiger partial charge is 0.0574 e. The molecule has 0 aliphatic heterocycles. The van der Waals surface area contributed by atoms with Gasteiger partial charge in [-0.15, -0.1) is 0 Å². The lowest BCUT2D eigenvalue weighted by atomic mass is 10.0. The summed E-state index contributed by atoms with van der Waals surface area (Å²) in [6.07, 6.45) is 3.74. The molecule has 3 N–H and O–H groups in total. The number of benzene rings is 1. The van der Waals surface area contributed by atoms with Crippen molar-refractivity contribution in [1.82, 2.24) is 0 Å². The van der Waals surface area contributed by atoms with E-state index < -0.39 is 0 Å². The molecule has 1 saturated carbocycles. The van der Waals surface area contributed by atoms with Crippen LogP contribution in [0.2, 0.25) is 0 Å². The first-order chi connectivity index (χ1) is 8.15. The number of anilines is 2. The van der Waals surface area contributed by atoms with Crippen LogP contribution in [0.25, 0.3) is 0 Å². The van der Waals surface area contributed by atoms with Crippen LogP contribution in [0.1, 0.15) is 19.3 Å². The van der Waals surface area contributed by atoms with Gasteiger partial charge in [-0.3, -0.25) is 0 Å². The molecular formula is C13H19IN2O. The molecule has 1 aliphatic carbocycles. The molecule has 1 aromatic carbocycles. The van der Waals surface area contributed by atoms with Gasteiger partial charge in [0.1, 0.15) is 0 Å². The van der Waals surface area contributed by atoms with Crippen molar-refractivity contribution in [3.8, 4) is 0 Å². The standard InChI is InChI=1S/C13H19IN2O/c1-17-7-6-13(4-5-13)9-16-12-3-2-10(14)8-11(12)15/h2-3,8,16H,4-7,9,15H2,1H3. The molecule has 94 valence electrons. The summed E-state index contributed by atoms with van der Waals surface area (Å²) < 4.78 is 6.33. The number of nitrogens with two attached hydrogens (primary N) is 1. The molecule has 4 heteroatoms. The molecule has 0 heterocycles. The summed E-state index contributed by atoms with van der Waals surface area (Å²) in [5.74, 6) is 0. The van der Waals surface area contributed by atoms with E-state index in [0.717, 1.165) is 30.9 Å². The summed E-state index contributed by atoms with van der Waals surface area (Å²) in [5.41, 5.74) is 8.31. The first-order valence-corrected chi connectivity index (χ1v) is 7.01. The molecule has 0 spiro atoms. The lowest BCUT2D eigenvalue weighted by Crippen LogP contribution is -2.17. The fourth-order valence-corrected chi connectivity index (χ4v) is 2.50. The maximum absolute atomic E-state index is 5.98. The summed E-state index contributed by atoms with van der Waals surface area (Å²) >= 11 is 2.27. The zero-order valence-corrected chi connectivity index (χ0v) is 12.3. The van der Waals surface area contributed by atoms with Crippen LogP contribution >= 0.6 is 22.6 Å². The van der Waals surface area contributed by atoms with E-state index in [1.165, 1.54) is 16.4 Å². The van der Waals surface area contributed by atoms with Crippen molar-refractivity contribution in [2.24, 2.45) is 5.41 Å². The van der Waals surface area contributed by atoms with Crippen molar-refractivity contribution < 1.29 is 4.74 Å². The van der Waals surface area contributed by atoms with Crippen LogP contribution in [0, 0.1) is 8.99 Å². The molecule has 0 radical (unpaired) electrons. The van der Waals surface area contributed by atoms with Crippen molar-refractivity contribution in [3.63, 3.8) is 0 Å². The van der Waals surface area contributed by atoms with E-state index >= 15 is 0 Å². The number of nitrogens with one attached hydrogen (secondary N) is 1. The third-order valence-electron chi connectivity index (χ3n) is 3.46. The summed E-state index contributed by atoms with van der Waals surface area (Å²) in [6, 6.07) is 6.13. The monoisotopic (exact) mass is 346 g/mol. The first kappa shape index (κ1) is 13.0. The minimum absolute atomic E-state index is 0.450. The normalized spacial score (nSPS) is 16.8. The first-order valence-electron chi connectivity index (χ1n) is 5.93. The van der Waals surface area contributed by atoms with Crippen molar-refractivity contribution in [3.05, 3.63) is 21.8 Å². The Hall–Kier alpha value is -0.490. The highest BCUT2D eigenvalue weighted by atomic mass is 127. The van der Waals surface area contributed by atoms with Crippen LogP contribution in [0.4, 0.5) is 11.4 Å². The van der Waals surface area contributed by atoms with Crippen LogP contribution in [-0.2, 0) is 4.74 Å². The van der Waals surface area contributed by atoms with E-state index in [4.69, 9.17) is 10.5 Å². The molecule has 0 saturated heterocycles. The fourth-order valence-electron chi connectivity index (χ4n) is 1.99. The minimum Gasteiger partial charge on any atom is -0.397 e. The molecular weight excluding hydrogens is 327 g/mol. The van der Waals surface area contributed by atoms with Crippen LogP contribution < -0.4 is 11.1 Å². The van der Waals surface area contributed by atoms with Crippen molar-refractivity contribution in [2.45, 2.75) is 19.3 Å². The zero-order chi connectivity index (χ0) is 12.3. The van der Waals surface area contributed by atoms with Crippen molar-refractivity contribution in [2.75, 3.05) is 31.3 Å². The fraction of sp³-hybridized carbons (Fsp3) is 0.538. The Morgan fingerprint density at radius 3 is 2.82 bits per heavy atom. The highest BCUT2D eigenvalue weighted by Gasteiger charge is 2.41. The average molecular weight is 346 g/mol. The molecule has 1 aromatic rings. The highest BCUT2D eigenvalue weighted by molar-refractivity contribution is 14.1. The van der Waals surface area contributed by atoms with Gasteiger partial charge in [-0.2, -0.15) is 0 Å². The van der Waals surface area contributed by atoms with Gasteiger partial charge in [0.05, 0.1) is 11.4 Å². The van der Waals surface area contributed by atoms with Gasteiger partial charge in [-0.25, -0.2) is 0 Å². The van der Waals surface area contributed by atoms with E-state index in [9.17, 15) is 0 Å². The van der Waals surface area contributed by atoms with Crippen molar-refractivity contribution >= 4 is 34.0 Å². The van der Waals surface area contributed by atoms with E-state index in [2.05, 4.69) is 40.0 Å². The highest BCUT2D eigenvalue weighted by Crippen LogP contribution is 2.48. The van der Waals surface area contributed by atoms with Gasteiger partial charge in [-0.1, -0.05) is 0 Å². The average Bonchev–Trinajstić information content (AvgIpc) is 3.06. The maximum Gasteiger partial charge on any atom is 0.0574 e. The predicted molar refractivity (Wildman–Crippen MR) is 80.2 cm³/mol. The summed E-state index contributed by atoms with van der Waals surface area (Å²) in [6.45, 7) is 1.85. The van der Waals surface area contributed by atoms with Gasteiger partial charge in [-0.05, 0) is 65.5 Å². The predicted octanol–water partition coefficient (Wildman–Crippen LogP) is 3.10. The van der Waals surface area contributed by atoms with E-state index in [0.29, 0.717) is 5.41 Å². The Labute approximate surface area is 116 Å². The lowest BCUT2D eigenvalue weighted by molar-refractivity contribution is 0.175. The van der Waals surface area contributed by atoms with Gasteiger partial charge < -0.3 is 15.8 Å². The largest absolute Gasteiger partial charge is 0.397 e. The number of ether oxygens (including phenoxy) is 1. The lowest BCUT2D eigenvalue weighted by Gasteiger charge is -2.17. The van der Waals surface area contributed by atoms with Crippen LogP contribution in [-0.4, -0.2) is 20.3 Å². The second-order valence-corrected chi connectivity index (χ2v) is 6.07. The molecule has 2 rings (SSSR count). The number of halogens is 1. The third-order valence-corrected chi connectivity index (χ3v) is 4.13. The third kappa shape index (κ3) is 3.48. The minimum atomic E-state index is 0.450. The molecule has 0 atom stereocenters. The summed E-state index contributed by atoms with van der Waals surface area (Å²) in [5, 5.41) is 3.47. The Morgan fingerprint density at radius 1 is 1.47 bits per heavy atom. The van der Waals surface area contributed by atoms with Crippen LogP contribution in [0.5, 0.6) is 0 Å². The topological polar surface area (TPSA) is 47.3 Å². The Kier molecular flexibility index (Phi) is 4.14. The number of hydrogen-bond donors (Lipinski definition) is 2. The molecule has 0 bridgehead atoms. The van der Waals surface area contributed by atoms with Gasteiger partial charge >= 0.3 is 0 Å². The molecule has 1 aliphatic rings. The molecule has 17 heavy (non-hydrogen) atoms. The summed E-state index contributed by atoms with van der Waals surface area (Å²) in [7, 11) is 1.76. The summed E-state index contributed by atoms with van der Waals surface area (Å²) in [4.78, 5) is 0. The maximum atomic E-state index is 5.98. The second kappa shape index (κ2) is 5.44. The molecule has 0 aromatic heterocycles. The number of methoxy groups -OCH3 is 1. The van der Waals surface area contributed by atoms with Crippen molar-refractivity contribution in [1.29, 1.82) is 0 Å². The second-order valence-electron chi connectivity index (χ2n) is 4.83. The van der Waals surface area contributed by atoms with Crippen LogP contribution in [0.3, 0.4) is 0 Å². The zero-order valence-electron chi connectivity index (χ0n) is 10.1. The SMILES string of the molecule is COCCC1(CNc2ccc(I)cc2N)CC1. The Morgan fingerprint density at radius 2 is 2.24 bits per heavy atom. The van der Waals surface area contributed by atoms with Gasteiger partial charge in [0.25, 0.3) is 0 Å². The van der Waals surface area contributed by atoms with E-state index in [1.54, 1.807) is 7.11 Å². The van der Waals surface area contributed by atoms with Crippen LogP contribution in [0.15, 0.2) is 18.2 Å². The number of hydrogen-bond acceptors (Lipinski definition) is 3. The van der Waals surface area contributed by atoms with E-state index in [-0.39, 0.29) is 0 Å². The molecule has 3 nitrogen and oxygen atoms in total. The van der Waals surface area contributed by atoms with Gasteiger partial charge in [0.2, 0.25) is 0 Å². The molecule has 0 amide bonds. The Bertz CT molecular complexity index is 391. The number of nitrogen functional groups attached to an aromatic ring is 1. The number of rotatable bonds is 6. The van der Waals surface area contributed by atoms with E-state index in [1.807, 2.05) is 6.07 Å². The van der Waals surface area contributed by atoms with Gasteiger partial charge in [0.15, 0.2) is 0 Å². The van der Waals surface area contributed by atoms with Gasteiger partial charge in [0, 0.05) is 23.8 Å². The molecule has 0 unspecified atom stereocenters. The Balaban J connectivity index is 1.89. The molecule has 1 fully saturated rings.